The van der Waals surface area contributed by atoms with Crippen LogP contribution < -0.4 is 0 Å². The van der Waals surface area contributed by atoms with Gasteiger partial charge in [0.05, 0.1) is 0 Å². The molecule has 0 atom stereocenters. The second kappa shape index (κ2) is 9.05. The van der Waals surface area contributed by atoms with Crippen LogP contribution in [0.2, 0.25) is 0 Å². The molecule has 0 saturated carbocycles. The fourth-order valence-electron chi connectivity index (χ4n) is 1.79. The summed E-state index contributed by atoms with van der Waals surface area (Å²) in [6.45, 7) is 0. The van der Waals surface area contributed by atoms with E-state index in [9.17, 15) is 0 Å². The van der Waals surface area contributed by atoms with Crippen LogP contribution in [0.25, 0.3) is 0 Å². The average molecular weight is 191 g/mol. The van der Waals surface area contributed by atoms with Crippen LogP contribution in [0.5, 0.6) is 0 Å². The minimum atomic E-state index is 1.18. The molecule has 0 amide bonds. The quantitative estimate of drug-likeness (QED) is 0.482. The van der Waals surface area contributed by atoms with E-state index >= 15 is 0 Å². The fraction of sp³-hybridized carbons (Fsp3) is 0.714. The van der Waals surface area contributed by atoms with Crippen molar-refractivity contribution < 1.29 is 0 Å². The van der Waals surface area contributed by atoms with Crippen molar-refractivity contribution >= 4 is 0 Å². The van der Waals surface area contributed by atoms with Gasteiger partial charge < -0.3 is 0 Å². The summed E-state index contributed by atoms with van der Waals surface area (Å²) in [5.41, 5.74) is 0. The van der Waals surface area contributed by atoms with Gasteiger partial charge in [-0.2, -0.15) is 0 Å². The summed E-state index contributed by atoms with van der Waals surface area (Å²) in [5, 5.41) is 0. The number of rotatable bonds is 0. The standard InChI is InChI=1S/C14H23/c1-2-4-6-8-10-12-14-13-11-9-7-5-3-1/h1-2,11H,3-10,12,14H2. The molecule has 0 aliphatic heterocycles. The van der Waals surface area contributed by atoms with Crippen molar-refractivity contribution in [3.63, 3.8) is 0 Å². The van der Waals surface area contributed by atoms with Crippen LogP contribution in [-0.2, 0) is 0 Å². The van der Waals surface area contributed by atoms with E-state index in [0.717, 1.165) is 0 Å². The molecule has 0 nitrogen and oxygen atoms in total. The van der Waals surface area contributed by atoms with Crippen molar-refractivity contribution in [3.05, 3.63) is 24.3 Å². The maximum atomic E-state index is 3.40. The van der Waals surface area contributed by atoms with Gasteiger partial charge in [0.15, 0.2) is 0 Å². The summed E-state index contributed by atoms with van der Waals surface area (Å²) in [7, 11) is 0. The zero-order valence-electron chi connectivity index (χ0n) is 9.30. The maximum Gasteiger partial charge on any atom is -0.0279 e. The van der Waals surface area contributed by atoms with Gasteiger partial charge in [-0.1, -0.05) is 31.1 Å². The zero-order chi connectivity index (χ0) is 9.90. The number of allylic oxidation sites excluding steroid dienone is 4. The summed E-state index contributed by atoms with van der Waals surface area (Å²) in [6, 6.07) is 0. The lowest BCUT2D eigenvalue weighted by Gasteiger charge is -1.98. The lowest BCUT2D eigenvalue weighted by molar-refractivity contribution is 0.645. The minimum Gasteiger partial charge on any atom is -0.0885 e. The summed E-state index contributed by atoms with van der Waals surface area (Å²) in [6.07, 6.45) is 23.5. The SMILES string of the molecule is [C]1=CCCCCC=CCCCCCC1. The number of hydrogen-bond donors (Lipinski definition) is 0. The second-order valence-corrected chi connectivity index (χ2v) is 4.12. The van der Waals surface area contributed by atoms with Gasteiger partial charge in [0.25, 0.3) is 0 Å². The van der Waals surface area contributed by atoms with E-state index in [1.54, 1.807) is 0 Å². The third kappa shape index (κ3) is 6.94. The van der Waals surface area contributed by atoms with Crippen LogP contribution in [0.15, 0.2) is 18.2 Å². The molecule has 1 rings (SSSR count). The summed E-state index contributed by atoms with van der Waals surface area (Å²) < 4.78 is 0. The highest BCUT2D eigenvalue weighted by Crippen LogP contribution is 2.09. The smallest absolute Gasteiger partial charge is 0.0279 e. The van der Waals surface area contributed by atoms with Gasteiger partial charge in [-0.3, -0.25) is 0 Å². The Balaban J connectivity index is 2.16. The van der Waals surface area contributed by atoms with Gasteiger partial charge in [-0.05, 0) is 57.4 Å². The molecule has 0 heterocycles. The Morgan fingerprint density at radius 2 is 1.29 bits per heavy atom. The Kier molecular flexibility index (Phi) is 7.47. The van der Waals surface area contributed by atoms with Crippen LogP contribution in [0, 0.1) is 6.08 Å². The van der Waals surface area contributed by atoms with Crippen LogP contribution in [-0.4, -0.2) is 0 Å². The monoisotopic (exact) mass is 191 g/mol. The summed E-state index contributed by atoms with van der Waals surface area (Å²) >= 11 is 0. The highest BCUT2D eigenvalue weighted by Gasteiger charge is 1.89. The topological polar surface area (TPSA) is 0 Å². The largest absolute Gasteiger partial charge is 0.0885 e. The van der Waals surface area contributed by atoms with Crippen LogP contribution in [0.1, 0.15) is 64.2 Å². The maximum absolute atomic E-state index is 3.40. The van der Waals surface area contributed by atoms with Gasteiger partial charge in [-0.25, -0.2) is 0 Å². The van der Waals surface area contributed by atoms with Gasteiger partial charge in [-0.15, -0.1) is 0 Å². The first-order valence-corrected chi connectivity index (χ1v) is 6.20. The van der Waals surface area contributed by atoms with E-state index in [2.05, 4.69) is 24.3 Å². The van der Waals surface area contributed by atoms with Crippen molar-refractivity contribution in [2.45, 2.75) is 64.2 Å². The molecular weight excluding hydrogens is 168 g/mol. The molecule has 0 heteroatoms. The Hall–Kier alpha value is -0.520. The van der Waals surface area contributed by atoms with E-state index in [-0.39, 0.29) is 0 Å². The lowest BCUT2D eigenvalue weighted by Crippen LogP contribution is -1.79. The summed E-state index contributed by atoms with van der Waals surface area (Å²) in [5.74, 6) is 0. The number of hydrogen-bond acceptors (Lipinski definition) is 0. The average Bonchev–Trinajstić information content (AvgIpc) is 2.22. The Bertz CT molecular complexity index is 145. The van der Waals surface area contributed by atoms with Gasteiger partial charge >= 0.3 is 0 Å². The molecule has 0 spiro atoms. The van der Waals surface area contributed by atoms with Crippen LogP contribution in [0.3, 0.4) is 0 Å². The van der Waals surface area contributed by atoms with Crippen LogP contribution in [0.4, 0.5) is 0 Å². The van der Waals surface area contributed by atoms with E-state index in [0.29, 0.717) is 0 Å². The molecule has 1 radical (unpaired) electrons. The van der Waals surface area contributed by atoms with Crippen molar-refractivity contribution in [2.75, 3.05) is 0 Å². The molecule has 0 saturated heterocycles. The van der Waals surface area contributed by atoms with Gasteiger partial charge in [0.1, 0.15) is 0 Å². The summed E-state index contributed by atoms with van der Waals surface area (Å²) in [4.78, 5) is 0. The predicted octanol–water partition coefficient (Wildman–Crippen LogP) is 4.82. The highest BCUT2D eigenvalue weighted by molar-refractivity contribution is 4.82. The first-order chi connectivity index (χ1) is 7.00. The molecule has 1 aliphatic carbocycles. The second-order valence-electron chi connectivity index (χ2n) is 4.12. The lowest BCUT2D eigenvalue weighted by atomic mass is 10.1. The molecule has 0 fully saturated rings. The Morgan fingerprint density at radius 1 is 0.643 bits per heavy atom. The molecule has 0 aromatic rings. The van der Waals surface area contributed by atoms with Crippen molar-refractivity contribution in [2.24, 2.45) is 0 Å². The predicted molar refractivity (Wildman–Crippen MR) is 63.1 cm³/mol. The first-order valence-electron chi connectivity index (χ1n) is 6.20. The molecule has 0 aromatic carbocycles. The van der Waals surface area contributed by atoms with Crippen molar-refractivity contribution in [1.82, 2.24) is 0 Å². The van der Waals surface area contributed by atoms with E-state index in [1.165, 1.54) is 64.2 Å². The van der Waals surface area contributed by atoms with E-state index < -0.39 is 0 Å². The van der Waals surface area contributed by atoms with E-state index in [1.807, 2.05) is 0 Å². The van der Waals surface area contributed by atoms with Crippen molar-refractivity contribution in [1.29, 1.82) is 0 Å². The van der Waals surface area contributed by atoms with E-state index in [4.69, 9.17) is 0 Å². The van der Waals surface area contributed by atoms with Crippen molar-refractivity contribution in [3.8, 4) is 0 Å². The van der Waals surface area contributed by atoms with Gasteiger partial charge in [0, 0.05) is 0 Å². The highest BCUT2D eigenvalue weighted by atomic mass is 14.0. The molecule has 0 N–H and O–H groups in total. The fourth-order valence-corrected chi connectivity index (χ4v) is 1.79. The Morgan fingerprint density at radius 3 is 2.14 bits per heavy atom. The third-order valence-electron chi connectivity index (χ3n) is 2.72. The molecule has 1 aliphatic rings. The first kappa shape index (κ1) is 11.6. The third-order valence-corrected chi connectivity index (χ3v) is 2.72. The molecule has 0 unspecified atom stereocenters. The minimum absolute atomic E-state index is 1.18. The molecule has 14 heavy (non-hydrogen) atoms. The zero-order valence-corrected chi connectivity index (χ0v) is 9.30. The normalized spacial score (nSPS) is 21.7. The molecular formula is C14H23. The van der Waals surface area contributed by atoms with Gasteiger partial charge in [0.2, 0.25) is 0 Å². The molecule has 0 bridgehead atoms. The van der Waals surface area contributed by atoms with Crippen LogP contribution >= 0.6 is 0 Å². The molecule has 0 aromatic heterocycles. The molecule has 79 valence electrons. The Labute approximate surface area is 89.1 Å².